The zero-order valence-electron chi connectivity index (χ0n) is 14.1. The highest BCUT2D eigenvalue weighted by molar-refractivity contribution is 7.98. The Morgan fingerprint density at radius 2 is 1.00 bits per heavy atom. The molecule has 0 saturated carbocycles. The first kappa shape index (κ1) is 16.5. The molecule has 0 N–H and O–H groups in total. The van der Waals surface area contributed by atoms with E-state index in [2.05, 4.69) is 96.8 Å². The molecule has 2 heteroatoms. The summed E-state index contributed by atoms with van der Waals surface area (Å²) in [5, 5.41) is 4.00. The number of benzene rings is 3. The molecule has 3 aromatic carbocycles. The highest BCUT2D eigenvalue weighted by Gasteiger charge is 2.44. The molecule has 3 aromatic rings. The van der Waals surface area contributed by atoms with Crippen LogP contribution in [0.5, 0.6) is 0 Å². The van der Waals surface area contributed by atoms with E-state index in [4.69, 9.17) is 4.74 Å². The Morgan fingerprint density at radius 1 is 0.667 bits per heavy atom. The van der Waals surface area contributed by atoms with Crippen LogP contribution in [0.1, 0.15) is 6.92 Å². The maximum atomic E-state index is 5.56. The molecule has 0 unspecified atom stereocenters. The predicted molar refractivity (Wildman–Crippen MR) is 106 cm³/mol. The van der Waals surface area contributed by atoms with Gasteiger partial charge in [0, 0.05) is 0 Å². The summed E-state index contributed by atoms with van der Waals surface area (Å²) in [6, 6.07) is 32.3. The quantitative estimate of drug-likeness (QED) is 0.494. The highest BCUT2D eigenvalue weighted by Crippen LogP contribution is 2.57. The van der Waals surface area contributed by atoms with Crippen molar-refractivity contribution in [1.29, 1.82) is 0 Å². The van der Waals surface area contributed by atoms with Crippen LogP contribution in [-0.4, -0.2) is 7.11 Å². The van der Waals surface area contributed by atoms with Gasteiger partial charge in [0.2, 0.25) is 0 Å². The fourth-order valence-electron chi connectivity index (χ4n) is 2.99. The zero-order valence-corrected chi connectivity index (χ0v) is 15.0. The van der Waals surface area contributed by atoms with Gasteiger partial charge in [-0.2, -0.15) is 0 Å². The summed E-state index contributed by atoms with van der Waals surface area (Å²) in [5.74, 6) is 3.27. The Balaban J connectivity index is 2.37. The third-order valence-electron chi connectivity index (χ3n) is 4.19. The summed E-state index contributed by atoms with van der Waals surface area (Å²) < 4.78 is 5.56. The van der Waals surface area contributed by atoms with Crippen molar-refractivity contribution in [3.05, 3.63) is 103 Å². The molecular formula is C22H22OP+. The number of allylic oxidation sites excluding steroid dienone is 1. The van der Waals surface area contributed by atoms with Gasteiger partial charge in [-0.05, 0) is 43.3 Å². The van der Waals surface area contributed by atoms with E-state index in [1.807, 2.05) is 6.92 Å². The van der Waals surface area contributed by atoms with Crippen molar-refractivity contribution in [3.8, 4) is 0 Å². The summed E-state index contributed by atoms with van der Waals surface area (Å²) >= 11 is 0. The Labute approximate surface area is 145 Å². The minimum absolute atomic E-state index is 0.944. The van der Waals surface area contributed by atoms with E-state index < -0.39 is 7.26 Å². The van der Waals surface area contributed by atoms with E-state index in [1.54, 1.807) is 7.11 Å². The number of ether oxygens (including phenoxy) is 1. The second-order valence-electron chi connectivity index (χ2n) is 5.67. The smallest absolute Gasteiger partial charge is 0.140 e. The number of methoxy groups -OCH3 is 1. The molecule has 0 aromatic heterocycles. The van der Waals surface area contributed by atoms with Gasteiger partial charge >= 0.3 is 0 Å². The normalized spacial score (nSPS) is 12.0. The molecule has 3 rings (SSSR count). The van der Waals surface area contributed by atoms with E-state index in [0.717, 1.165) is 5.76 Å². The van der Waals surface area contributed by atoms with Gasteiger partial charge in [-0.1, -0.05) is 54.6 Å². The summed E-state index contributed by atoms with van der Waals surface area (Å²) in [6.45, 7) is 2.03. The van der Waals surface area contributed by atoms with Crippen molar-refractivity contribution in [2.45, 2.75) is 6.92 Å². The Hall–Kier alpha value is -2.37. The molecule has 0 aliphatic carbocycles. The molecule has 0 aliphatic heterocycles. The van der Waals surface area contributed by atoms with Gasteiger partial charge in [-0.3, -0.25) is 0 Å². The third kappa shape index (κ3) is 3.13. The number of hydrogen-bond donors (Lipinski definition) is 0. The fraction of sp³-hybridized carbons (Fsp3) is 0.0909. The van der Waals surface area contributed by atoms with Gasteiger partial charge in [-0.15, -0.1) is 0 Å². The monoisotopic (exact) mass is 333 g/mol. The van der Waals surface area contributed by atoms with Crippen molar-refractivity contribution in [3.63, 3.8) is 0 Å². The molecule has 0 saturated heterocycles. The number of rotatable bonds is 5. The molecule has 0 spiro atoms. The van der Waals surface area contributed by atoms with Crippen LogP contribution < -0.4 is 15.9 Å². The fourth-order valence-corrected chi connectivity index (χ4v) is 6.91. The van der Waals surface area contributed by atoms with Crippen LogP contribution in [0.3, 0.4) is 0 Å². The van der Waals surface area contributed by atoms with Crippen LogP contribution in [0.4, 0.5) is 0 Å². The van der Waals surface area contributed by atoms with Crippen molar-refractivity contribution in [2.24, 2.45) is 0 Å². The highest BCUT2D eigenvalue weighted by atomic mass is 31.2. The molecular weight excluding hydrogens is 311 g/mol. The second-order valence-corrected chi connectivity index (χ2v) is 8.93. The first-order valence-corrected chi connectivity index (χ1v) is 9.92. The molecule has 0 amide bonds. The summed E-state index contributed by atoms with van der Waals surface area (Å²) in [4.78, 5) is 0. The molecule has 0 bridgehead atoms. The Bertz CT molecular complexity index is 698. The zero-order chi connectivity index (χ0) is 16.8. The van der Waals surface area contributed by atoms with E-state index in [0.29, 0.717) is 0 Å². The van der Waals surface area contributed by atoms with Crippen LogP contribution in [0, 0.1) is 0 Å². The molecule has 0 fully saturated rings. The van der Waals surface area contributed by atoms with Crippen molar-refractivity contribution in [1.82, 2.24) is 0 Å². The lowest BCUT2D eigenvalue weighted by Crippen LogP contribution is -2.29. The third-order valence-corrected chi connectivity index (χ3v) is 8.28. The van der Waals surface area contributed by atoms with Gasteiger partial charge in [0.15, 0.2) is 0 Å². The molecule has 0 heterocycles. The van der Waals surface area contributed by atoms with E-state index in [1.165, 1.54) is 15.9 Å². The Kier molecular flexibility index (Phi) is 5.13. The first-order chi connectivity index (χ1) is 11.8. The first-order valence-electron chi connectivity index (χ1n) is 8.06. The minimum atomic E-state index is -1.91. The van der Waals surface area contributed by atoms with E-state index >= 15 is 0 Å². The second kappa shape index (κ2) is 7.47. The lowest BCUT2D eigenvalue weighted by molar-refractivity contribution is 0.294. The predicted octanol–water partition coefficient (Wildman–Crippen LogP) is 4.49. The van der Waals surface area contributed by atoms with Crippen LogP contribution >= 0.6 is 7.26 Å². The van der Waals surface area contributed by atoms with Crippen LogP contribution in [0.15, 0.2) is 103 Å². The van der Waals surface area contributed by atoms with E-state index in [9.17, 15) is 0 Å². The van der Waals surface area contributed by atoms with Crippen molar-refractivity contribution in [2.75, 3.05) is 7.11 Å². The van der Waals surface area contributed by atoms with Crippen molar-refractivity contribution >= 4 is 23.2 Å². The molecule has 1 nitrogen and oxygen atoms in total. The molecule has 0 radical (unpaired) electrons. The molecule has 0 atom stereocenters. The topological polar surface area (TPSA) is 9.23 Å². The maximum Gasteiger partial charge on any atom is 0.140 e. The standard InChI is InChI=1S/C22H22OP/c1-19(23-2)18-24(20-12-6-3-7-13-20,21-14-8-4-9-15-21)22-16-10-5-11-17-22/h3-18H,1-2H3/q+1. The van der Waals surface area contributed by atoms with Crippen LogP contribution in [0.25, 0.3) is 0 Å². The molecule has 24 heavy (non-hydrogen) atoms. The molecule has 0 aliphatic rings. The number of hydrogen-bond acceptors (Lipinski definition) is 1. The minimum Gasteiger partial charge on any atom is -0.498 e. The van der Waals surface area contributed by atoms with Gasteiger partial charge in [0.05, 0.1) is 7.11 Å². The maximum absolute atomic E-state index is 5.56. The average molecular weight is 333 g/mol. The summed E-state index contributed by atoms with van der Waals surface area (Å²) in [7, 11) is -0.175. The lowest BCUT2D eigenvalue weighted by atomic mass is 10.4. The van der Waals surface area contributed by atoms with Crippen molar-refractivity contribution < 1.29 is 4.74 Å². The van der Waals surface area contributed by atoms with E-state index in [-0.39, 0.29) is 0 Å². The average Bonchev–Trinajstić information content (AvgIpc) is 2.68. The van der Waals surface area contributed by atoms with Crippen LogP contribution in [0.2, 0.25) is 0 Å². The SMILES string of the molecule is COC(C)=C[P+](c1ccccc1)(c1ccccc1)c1ccccc1. The molecule has 120 valence electrons. The van der Waals surface area contributed by atoms with Gasteiger partial charge in [0.1, 0.15) is 34.8 Å². The largest absolute Gasteiger partial charge is 0.498 e. The van der Waals surface area contributed by atoms with Gasteiger partial charge in [0.25, 0.3) is 0 Å². The van der Waals surface area contributed by atoms with Crippen LogP contribution in [-0.2, 0) is 4.74 Å². The summed E-state index contributed by atoms with van der Waals surface area (Å²) in [6.07, 6.45) is 0. The Morgan fingerprint density at radius 3 is 1.29 bits per heavy atom. The lowest BCUT2D eigenvalue weighted by Gasteiger charge is -2.24. The summed E-state index contributed by atoms with van der Waals surface area (Å²) in [5.41, 5.74) is 0. The van der Waals surface area contributed by atoms with Gasteiger partial charge < -0.3 is 4.74 Å². The van der Waals surface area contributed by atoms with Gasteiger partial charge in [-0.25, -0.2) is 0 Å².